The zero-order valence-corrected chi connectivity index (χ0v) is 14.3. The number of carbonyl (C=O) groups excluding carboxylic acids is 1. The Morgan fingerprint density at radius 1 is 1.30 bits per heavy atom. The van der Waals surface area contributed by atoms with Gasteiger partial charge in [-0.25, -0.2) is 4.98 Å². The van der Waals surface area contributed by atoms with Crippen molar-refractivity contribution < 1.29 is 9.21 Å². The van der Waals surface area contributed by atoms with Crippen LogP contribution in [-0.2, 0) is 6.54 Å². The van der Waals surface area contributed by atoms with Gasteiger partial charge in [0.25, 0.3) is 5.91 Å². The summed E-state index contributed by atoms with van der Waals surface area (Å²) < 4.78 is 5.29. The van der Waals surface area contributed by atoms with Gasteiger partial charge in [0.05, 0.1) is 18.5 Å². The van der Waals surface area contributed by atoms with Crippen molar-refractivity contribution in [3.63, 3.8) is 0 Å². The number of hydrogen-bond donors (Lipinski definition) is 0. The minimum atomic E-state index is -0.0587. The van der Waals surface area contributed by atoms with E-state index in [2.05, 4.69) is 4.98 Å². The number of halogens is 1. The molecule has 2 aromatic heterocycles. The Morgan fingerprint density at radius 2 is 2.04 bits per heavy atom. The maximum atomic E-state index is 12.6. The molecule has 0 aliphatic carbocycles. The first-order chi connectivity index (χ1) is 11.0. The molecule has 0 aliphatic rings. The Kier molecular flexibility index (Phi) is 4.50. The average molecular weight is 347 g/mol. The molecule has 0 aliphatic heterocycles. The van der Waals surface area contributed by atoms with Crippen LogP contribution in [0.2, 0.25) is 5.02 Å². The molecule has 118 valence electrons. The van der Waals surface area contributed by atoms with E-state index in [9.17, 15) is 4.79 Å². The summed E-state index contributed by atoms with van der Waals surface area (Å²) in [4.78, 5) is 19.4. The quantitative estimate of drug-likeness (QED) is 0.691. The summed E-state index contributed by atoms with van der Waals surface area (Å²) in [5.41, 5.74) is 1.69. The molecule has 4 nitrogen and oxygen atoms in total. The highest BCUT2D eigenvalue weighted by Gasteiger charge is 2.20. The van der Waals surface area contributed by atoms with Crippen molar-refractivity contribution in [2.45, 2.75) is 13.5 Å². The van der Waals surface area contributed by atoms with Crippen molar-refractivity contribution in [3.05, 3.63) is 64.0 Å². The summed E-state index contributed by atoms with van der Waals surface area (Å²) in [6.45, 7) is 2.28. The number of benzene rings is 1. The van der Waals surface area contributed by atoms with Crippen LogP contribution < -0.4 is 0 Å². The maximum Gasteiger partial charge on any atom is 0.266 e. The van der Waals surface area contributed by atoms with Gasteiger partial charge in [-0.05, 0) is 31.2 Å². The number of furan rings is 1. The molecule has 0 radical (unpaired) electrons. The summed E-state index contributed by atoms with van der Waals surface area (Å²) >= 11 is 7.30. The van der Waals surface area contributed by atoms with Gasteiger partial charge in [-0.3, -0.25) is 4.79 Å². The molecular weight excluding hydrogens is 332 g/mol. The van der Waals surface area contributed by atoms with Crippen LogP contribution >= 0.6 is 22.9 Å². The second-order valence-corrected chi connectivity index (χ2v) is 6.62. The minimum Gasteiger partial charge on any atom is -0.467 e. The zero-order chi connectivity index (χ0) is 16.4. The number of aryl methyl sites for hydroxylation is 1. The fourth-order valence-corrected chi connectivity index (χ4v) is 3.38. The molecule has 0 unspecified atom stereocenters. The number of aromatic nitrogens is 1. The van der Waals surface area contributed by atoms with Crippen molar-refractivity contribution in [2.75, 3.05) is 7.05 Å². The van der Waals surface area contributed by atoms with Crippen LogP contribution in [0, 0.1) is 6.92 Å². The van der Waals surface area contributed by atoms with Crippen LogP contribution in [0.15, 0.2) is 47.1 Å². The monoisotopic (exact) mass is 346 g/mol. The number of hydrogen-bond acceptors (Lipinski definition) is 4. The number of carbonyl (C=O) groups is 1. The Hall–Kier alpha value is -2.11. The zero-order valence-electron chi connectivity index (χ0n) is 12.7. The largest absolute Gasteiger partial charge is 0.467 e. The highest BCUT2D eigenvalue weighted by Crippen LogP contribution is 2.29. The third-order valence-electron chi connectivity index (χ3n) is 3.40. The molecule has 0 atom stereocenters. The molecule has 0 saturated heterocycles. The first-order valence-electron chi connectivity index (χ1n) is 7.06. The van der Waals surface area contributed by atoms with Crippen molar-refractivity contribution in [2.24, 2.45) is 0 Å². The molecule has 3 aromatic rings. The SMILES string of the molecule is Cc1nc(-c2ccc(Cl)cc2)sc1C(=O)N(C)Cc1ccco1. The molecule has 0 spiro atoms. The number of amides is 1. The number of nitrogens with zero attached hydrogens (tertiary/aromatic N) is 2. The van der Waals surface area contributed by atoms with Gasteiger partial charge in [0, 0.05) is 17.6 Å². The predicted octanol–water partition coefficient (Wildman–Crippen LogP) is 4.64. The molecule has 1 amide bonds. The van der Waals surface area contributed by atoms with E-state index >= 15 is 0 Å². The van der Waals surface area contributed by atoms with Gasteiger partial charge in [0.2, 0.25) is 0 Å². The fraction of sp³-hybridized carbons (Fsp3) is 0.176. The van der Waals surface area contributed by atoms with Gasteiger partial charge < -0.3 is 9.32 Å². The molecule has 23 heavy (non-hydrogen) atoms. The van der Waals surface area contributed by atoms with E-state index in [4.69, 9.17) is 16.0 Å². The van der Waals surface area contributed by atoms with Crippen LogP contribution in [0.1, 0.15) is 21.1 Å². The minimum absolute atomic E-state index is 0.0587. The van der Waals surface area contributed by atoms with Gasteiger partial charge in [0.1, 0.15) is 15.6 Å². The standard InChI is InChI=1S/C17H15ClN2O2S/c1-11-15(17(21)20(2)10-14-4-3-9-22-14)23-16(19-11)12-5-7-13(18)8-6-12/h3-9H,10H2,1-2H3. The van der Waals surface area contributed by atoms with E-state index in [-0.39, 0.29) is 5.91 Å². The molecule has 3 rings (SSSR count). The second kappa shape index (κ2) is 6.56. The Morgan fingerprint density at radius 3 is 2.70 bits per heavy atom. The lowest BCUT2D eigenvalue weighted by Crippen LogP contribution is -2.25. The average Bonchev–Trinajstić information content (AvgIpc) is 3.17. The van der Waals surface area contributed by atoms with Crippen molar-refractivity contribution in [1.82, 2.24) is 9.88 Å². The van der Waals surface area contributed by atoms with Crippen LogP contribution in [0.4, 0.5) is 0 Å². The highest BCUT2D eigenvalue weighted by molar-refractivity contribution is 7.17. The molecule has 2 heterocycles. The van der Waals surface area contributed by atoms with Crippen LogP contribution in [0.3, 0.4) is 0 Å². The van der Waals surface area contributed by atoms with E-state index < -0.39 is 0 Å². The Labute approximate surface area is 143 Å². The van der Waals surface area contributed by atoms with Crippen LogP contribution in [0.5, 0.6) is 0 Å². The molecule has 0 N–H and O–H groups in total. The van der Waals surface area contributed by atoms with Crippen LogP contribution in [0.25, 0.3) is 10.6 Å². The number of thiazole rings is 1. The molecule has 0 fully saturated rings. The molecule has 0 bridgehead atoms. The predicted molar refractivity (Wildman–Crippen MR) is 91.8 cm³/mol. The van der Waals surface area contributed by atoms with E-state index in [0.717, 1.165) is 22.0 Å². The van der Waals surface area contributed by atoms with Crippen molar-refractivity contribution in [3.8, 4) is 10.6 Å². The Bertz CT molecular complexity index is 810. The highest BCUT2D eigenvalue weighted by atomic mass is 35.5. The second-order valence-electron chi connectivity index (χ2n) is 5.18. The molecule has 6 heteroatoms. The van der Waals surface area contributed by atoms with Gasteiger partial charge in [-0.15, -0.1) is 11.3 Å². The molecule has 1 aromatic carbocycles. The van der Waals surface area contributed by atoms with E-state index in [1.165, 1.54) is 11.3 Å². The van der Waals surface area contributed by atoms with Gasteiger partial charge in [-0.1, -0.05) is 23.7 Å². The van der Waals surface area contributed by atoms with Crippen molar-refractivity contribution >= 4 is 28.8 Å². The lowest BCUT2D eigenvalue weighted by Gasteiger charge is -2.14. The molecule has 0 saturated carbocycles. The third kappa shape index (κ3) is 3.46. The summed E-state index contributed by atoms with van der Waals surface area (Å²) in [5, 5.41) is 1.49. The van der Waals surface area contributed by atoms with E-state index in [1.54, 1.807) is 18.2 Å². The summed E-state index contributed by atoms with van der Waals surface area (Å²) in [7, 11) is 1.76. The summed E-state index contributed by atoms with van der Waals surface area (Å²) in [6.07, 6.45) is 1.60. The fourth-order valence-electron chi connectivity index (χ4n) is 2.19. The molecular formula is C17H15ClN2O2S. The lowest BCUT2D eigenvalue weighted by molar-refractivity contribution is 0.0779. The Balaban J connectivity index is 1.82. The van der Waals surface area contributed by atoms with Crippen LogP contribution in [-0.4, -0.2) is 22.8 Å². The first kappa shape index (κ1) is 15.8. The first-order valence-corrected chi connectivity index (χ1v) is 8.25. The van der Waals surface area contributed by atoms with Gasteiger partial charge >= 0.3 is 0 Å². The van der Waals surface area contributed by atoms with E-state index in [0.29, 0.717) is 16.4 Å². The smallest absolute Gasteiger partial charge is 0.266 e. The van der Waals surface area contributed by atoms with Gasteiger partial charge in [0.15, 0.2) is 0 Å². The topological polar surface area (TPSA) is 46.3 Å². The van der Waals surface area contributed by atoms with Crippen molar-refractivity contribution in [1.29, 1.82) is 0 Å². The normalized spacial score (nSPS) is 10.7. The maximum absolute atomic E-state index is 12.6. The van der Waals surface area contributed by atoms with E-state index in [1.807, 2.05) is 43.3 Å². The van der Waals surface area contributed by atoms with Gasteiger partial charge in [-0.2, -0.15) is 0 Å². The lowest BCUT2D eigenvalue weighted by atomic mass is 10.2. The summed E-state index contributed by atoms with van der Waals surface area (Å²) in [6, 6.07) is 11.1. The third-order valence-corrected chi connectivity index (χ3v) is 4.85. The summed E-state index contributed by atoms with van der Waals surface area (Å²) in [5.74, 6) is 0.692. The number of rotatable bonds is 4.